The number of hydrogen-bond donors (Lipinski definition) is 3. The van der Waals surface area contributed by atoms with Gasteiger partial charge in [-0.1, -0.05) is 15.9 Å². The number of amides is 2. The fourth-order valence-corrected chi connectivity index (χ4v) is 2.01. The first-order valence-corrected chi connectivity index (χ1v) is 6.76. The zero-order valence-corrected chi connectivity index (χ0v) is 12.7. The molecule has 1 aromatic carbocycles. The van der Waals surface area contributed by atoms with E-state index in [9.17, 15) is 9.59 Å². The van der Waals surface area contributed by atoms with Crippen molar-refractivity contribution in [1.82, 2.24) is 10.6 Å². The number of halogens is 1. The topological polar surface area (TPSA) is 84.2 Å². The number of nitrogen functional groups attached to an aromatic ring is 1. The van der Waals surface area contributed by atoms with Crippen molar-refractivity contribution in [2.75, 3.05) is 5.73 Å². The average molecular weight is 328 g/mol. The molecule has 0 spiro atoms. The number of carbonyl (C=O) groups is 2. The van der Waals surface area contributed by atoms with E-state index in [4.69, 9.17) is 5.73 Å². The summed E-state index contributed by atoms with van der Waals surface area (Å²) in [5.41, 5.74) is 6.56. The van der Waals surface area contributed by atoms with Crippen LogP contribution in [0, 0.1) is 0 Å². The molecule has 0 aliphatic rings. The van der Waals surface area contributed by atoms with Crippen LogP contribution in [-0.4, -0.2) is 23.9 Å². The van der Waals surface area contributed by atoms with Gasteiger partial charge in [-0.3, -0.25) is 9.59 Å². The Morgan fingerprint density at radius 3 is 2.32 bits per heavy atom. The van der Waals surface area contributed by atoms with Crippen LogP contribution in [0.25, 0.3) is 0 Å². The van der Waals surface area contributed by atoms with Gasteiger partial charge in [0.1, 0.15) is 6.04 Å². The zero-order valence-electron chi connectivity index (χ0n) is 11.2. The summed E-state index contributed by atoms with van der Waals surface area (Å²) >= 11 is 3.27. The van der Waals surface area contributed by atoms with E-state index in [0.29, 0.717) is 11.3 Å². The standard InChI is InChI=1S/C13H18BrN3O2/c1-7(2)16-12(18)8(3)17-13(19)9-4-10(14)6-11(15)5-9/h4-8H,15H2,1-3H3,(H,16,18)(H,17,19). The molecule has 0 heterocycles. The van der Waals surface area contributed by atoms with Gasteiger partial charge in [-0.2, -0.15) is 0 Å². The minimum Gasteiger partial charge on any atom is -0.399 e. The van der Waals surface area contributed by atoms with E-state index in [0.717, 1.165) is 4.47 Å². The number of nitrogens with two attached hydrogens (primary N) is 1. The maximum Gasteiger partial charge on any atom is 0.252 e. The van der Waals surface area contributed by atoms with Crippen molar-refractivity contribution in [3.63, 3.8) is 0 Å². The van der Waals surface area contributed by atoms with Gasteiger partial charge in [0.2, 0.25) is 5.91 Å². The predicted molar refractivity (Wildman–Crippen MR) is 78.8 cm³/mol. The van der Waals surface area contributed by atoms with Gasteiger partial charge in [-0.25, -0.2) is 0 Å². The Balaban J connectivity index is 2.71. The molecule has 1 unspecified atom stereocenters. The first-order valence-electron chi connectivity index (χ1n) is 5.97. The molecular weight excluding hydrogens is 310 g/mol. The maximum atomic E-state index is 12.0. The van der Waals surface area contributed by atoms with Gasteiger partial charge in [-0.05, 0) is 39.0 Å². The summed E-state index contributed by atoms with van der Waals surface area (Å²) in [6.07, 6.45) is 0. The second-order valence-corrected chi connectivity index (χ2v) is 5.55. The van der Waals surface area contributed by atoms with Crippen LogP contribution in [0.1, 0.15) is 31.1 Å². The monoisotopic (exact) mass is 327 g/mol. The molecule has 1 aromatic rings. The highest BCUT2D eigenvalue weighted by molar-refractivity contribution is 9.10. The molecule has 19 heavy (non-hydrogen) atoms. The fourth-order valence-electron chi connectivity index (χ4n) is 1.50. The molecule has 5 nitrogen and oxygen atoms in total. The first-order chi connectivity index (χ1) is 8.79. The smallest absolute Gasteiger partial charge is 0.252 e. The molecule has 1 rings (SSSR count). The van der Waals surface area contributed by atoms with Gasteiger partial charge < -0.3 is 16.4 Å². The molecule has 1 atom stereocenters. The minimum atomic E-state index is -0.602. The summed E-state index contributed by atoms with van der Waals surface area (Å²) in [4.78, 5) is 23.7. The molecule has 0 aliphatic carbocycles. The molecule has 4 N–H and O–H groups in total. The van der Waals surface area contributed by atoms with Crippen molar-refractivity contribution < 1.29 is 9.59 Å². The van der Waals surface area contributed by atoms with Gasteiger partial charge in [0, 0.05) is 21.8 Å². The summed E-state index contributed by atoms with van der Waals surface area (Å²) in [6, 6.07) is 4.35. The van der Waals surface area contributed by atoms with Crippen LogP contribution in [0.5, 0.6) is 0 Å². The van der Waals surface area contributed by atoms with Crippen LogP contribution in [0.2, 0.25) is 0 Å². The van der Waals surface area contributed by atoms with E-state index in [1.54, 1.807) is 25.1 Å². The average Bonchev–Trinajstić information content (AvgIpc) is 2.26. The summed E-state index contributed by atoms with van der Waals surface area (Å²) in [5, 5.41) is 5.36. The second kappa shape index (κ2) is 6.56. The molecule has 0 saturated heterocycles. The molecule has 2 amide bonds. The van der Waals surface area contributed by atoms with Crippen LogP contribution in [-0.2, 0) is 4.79 Å². The third-order valence-corrected chi connectivity index (χ3v) is 2.81. The summed E-state index contributed by atoms with van der Waals surface area (Å²) in [7, 11) is 0. The lowest BCUT2D eigenvalue weighted by Crippen LogP contribution is -2.46. The van der Waals surface area contributed by atoms with Crippen LogP contribution in [0.15, 0.2) is 22.7 Å². The fraction of sp³-hybridized carbons (Fsp3) is 0.385. The van der Waals surface area contributed by atoms with Gasteiger partial charge in [-0.15, -0.1) is 0 Å². The Hall–Kier alpha value is -1.56. The highest BCUT2D eigenvalue weighted by atomic mass is 79.9. The molecule has 0 radical (unpaired) electrons. The van der Waals surface area contributed by atoms with Crippen molar-refractivity contribution in [3.05, 3.63) is 28.2 Å². The van der Waals surface area contributed by atoms with Crippen LogP contribution >= 0.6 is 15.9 Å². The predicted octanol–water partition coefficient (Wildman–Crippen LogP) is 1.67. The highest BCUT2D eigenvalue weighted by Crippen LogP contribution is 2.17. The Bertz CT molecular complexity index is 469. The molecule has 0 bridgehead atoms. The Labute approximate surface area is 121 Å². The largest absolute Gasteiger partial charge is 0.399 e. The second-order valence-electron chi connectivity index (χ2n) is 4.63. The number of anilines is 1. The molecule has 0 fully saturated rings. The SMILES string of the molecule is CC(C)NC(=O)C(C)NC(=O)c1cc(N)cc(Br)c1. The summed E-state index contributed by atoms with van der Waals surface area (Å²) < 4.78 is 0.719. The lowest BCUT2D eigenvalue weighted by Gasteiger charge is -2.16. The van der Waals surface area contributed by atoms with Crippen molar-refractivity contribution in [1.29, 1.82) is 0 Å². The van der Waals surface area contributed by atoms with E-state index in [-0.39, 0.29) is 17.9 Å². The molecule has 0 saturated carbocycles. The number of benzene rings is 1. The van der Waals surface area contributed by atoms with Crippen molar-refractivity contribution in [2.24, 2.45) is 0 Å². The minimum absolute atomic E-state index is 0.0355. The molecule has 0 aromatic heterocycles. The van der Waals surface area contributed by atoms with E-state index in [2.05, 4.69) is 26.6 Å². The van der Waals surface area contributed by atoms with E-state index in [1.165, 1.54) is 0 Å². The summed E-state index contributed by atoms with van der Waals surface area (Å²) in [5.74, 6) is -0.550. The molecular formula is C13H18BrN3O2. The third-order valence-electron chi connectivity index (χ3n) is 2.35. The number of rotatable bonds is 4. The van der Waals surface area contributed by atoms with Gasteiger partial charge in [0.15, 0.2) is 0 Å². The zero-order chi connectivity index (χ0) is 14.6. The van der Waals surface area contributed by atoms with Gasteiger partial charge >= 0.3 is 0 Å². The number of nitrogens with one attached hydrogen (secondary N) is 2. The van der Waals surface area contributed by atoms with E-state index in [1.807, 2.05) is 13.8 Å². The third kappa shape index (κ3) is 4.90. The Morgan fingerprint density at radius 1 is 1.16 bits per heavy atom. The summed E-state index contributed by atoms with van der Waals surface area (Å²) in [6.45, 7) is 5.36. The first kappa shape index (κ1) is 15.5. The van der Waals surface area contributed by atoms with Crippen LogP contribution in [0.4, 0.5) is 5.69 Å². The molecule has 6 heteroatoms. The van der Waals surface area contributed by atoms with Crippen LogP contribution < -0.4 is 16.4 Å². The molecule has 0 aliphatic heterocycles. The van der Waals surface area contributed by atoms with Crippen molar-refractivity contribution >= 4 is 33.4 Å². The Morgan fingerprint density at radius 2 is 1.79 bits per heavy atom. The molecule has 104 valence electrons. The lowest BCUT2D eigenvalue weighted by molar-refractivity contribution is -0.123. The normalized spacial score (nSPS) is 12.1. The number of hydrogen-bond acceptors (Lipinski definition) is 3. The van der Waals surface area contributed by atoms with Crippen molar-refractivity contribution in [3.8, 4) is 0 Å². The van der Waals surface area contributed by atoms with Crippen LogP contribution in [0.3, 0.4) is 0 Å². The highest BCUT2D eigenvalue weighted by Gasteiger charge is 2.17. The lowest BCUT2D eigenvalue weighted by atomic mass is 10.1. The van der Waals surface area contributed by atoms with Crippen molar-refractivity contribution in [2.45, 2.75) is 32.9 Å². The van der Waals surface area contributed by atoms with Gasteiger partial charge in [0.05, 0.1) is 0 Å². The maximum absolute atomic E-state index is 12.0. The quantitative estimate of drug-likeness (QED) is 0.735. The Kier molecular flexibility index (Phi) is 5.35. The van der Waals surface area contributed by atoms with Gasteiger partial charge in [0.25, 0.3) is 5.91 Å². The van der Waals surface area contributed by atoms with E-state index < -0.39 is 6.04 Å². The van der Waals surface area contributed by atoms with E-state index >= 15 is 0 Å². The number of carbonyl (C=O) groups excluding carboxylic acids is 2.